The van der Waals surface area contributed by atoms with Gasteiger partial charge >= 0.3 is 12.4 Å². The molecule has 1 aliphatic carbocycles. The van der Waals surface area contributed by atoms with Crippen LogP contribution < -0.4 is 5.32 Å². The molecule has 0 saturated carbocycles. The molecule has 0 spiro atoms. The normalized spacial score (nSPS) is 16.0. The van der Waals surface area contributed by atoms with E-state index in [1.54, 1.807) is 13.8 Å². The number of carbonyl (C=O) groups is 2. The highest BCUT2D eigenvalue weighted by Crippen LogP contribution is 2.36. The number of rotatable bonds is 4. The van der Waals surface area contributed by atoms with Gasteiger partial charge in [-0.15, -0.1) is 0 Å². The largest absolute Gasteiger partial charge is 0.416 e. The molecule has 0 amide bonds. The number of alkyl halides is 6. The van der Waals surface area contributed by atoms with Gasteiger partial charge in [0.05, 0.1) is 16.8 Å². The molecular weight excluding hydrogens is 388 g/mol. The Morgan fingerprint density at radius 2 is 1.43 bits per heavy atom. The van der Waals surface area contributed by atoms with E-state index in [1.165, 1.54) is 13.0 Å². The second kappa shape index (κ2) is 7.44. The van der Waals surface area contributed by atoms with E-state index in [0.717, 1.165) is 0 Å². The SMILES string of the molecule is CC1=C(NCc2cc(C(F)(F)F)cc(C(F)(F)F)c2)C(=O)C(C(C)C)=CC1=O. The summed E-state index contributed by atoms with van der Waals surface area (Å²) in [6, 6.07) is 1.18. The van der Waals surface area contributed by atoms with Crippen molar-refractivity contribution in [1.82, 2.24) is 5.32 Å². The highest BCUT2D eigenvalue weighted by atomic mass is 19.4. The van der Waals surface area contributed by atoms with Crippen LogP contribution in [0.15, 0.2) is 41.1 Å². The molecule has 3 nitrogen and oxygen atoms in total. The van der Waals surface area contributed by atoms with Gasteiger partial charge in [-0.2, -0.15) is 26.3 Å². The van der Waals surface area contributed by atoms with Gasteiger partial charge in [-0.1, -0.05) is 13.8 Å². The summed E-state index contributed by atoms with van der Waals surface area (Å²) in [7, 11) is 0. The highest BCUT2D eigenvalue weighted by Gasteiger charge is 2.37. The number of ketones is 2. The molecule has 0 unspecified atom stereocenters. The van der Waals surface area contributed by atoms with Crippen molar-refractivity contribution in [3.05, 3.63) is 57.8 Å². The Balaban J connectivity index is 2.37. The van der Waals surface area contributed by atoms with Crippen molar-refractivity contribution in [2.45, 2.75) is 39.7 Å². The lowest BCUT2D eigenvalue weighted by molar-refractivity contribution is -0.143. The molecule has 1 aromatic carbocycles. The lowest BCUT2D eigenvalue weighted by Gasteiger charge is -2.21. The van der Waals surface area contributed by atoms with Crippen LogP contribution in [-0.4, -0.2) is 11.6 Å². The molecular formula is C19H17F6NO2. The van der Waals surface area contributed by atoms with Gasteiger partial charge in [-0.05, 0) is 42.7 Å². The van der Waals surface area contributed by atoms with E-state index in [-0.39, 0.29) is 34.4 Å². The van der Waals surface area contributed by atoms with Crippen LogP contribution in [0.5, 0.6) is 0 Å². The molecule has 152 valence electrons. The Kier molecular flexibility index (Phi) is 5.77. The fraction of sp³-hybridized carbons (Fsp3) is 0.368. The Morgan fingerprint density at radius 1 is 0.929 bits per heavy atom. The zero-order valence-electron chi connectivity index (χ0n) is 15.2. The quantitative estimate of drug-likeness (QED) is 0.577. The number of hydrogen-bond acceptors (Lipinski definition) is 3. The average molecular weight is 405 g/mol. The van der Waals surface area contributed by atoms with E-state index < -0.39 is 41.6 Å². The minimum absolute atomic E-state index is 0.0307. The van der Waals surface area contributed by atoms with Gasteiger partial charge in [0.15, 0.2) is 5.78 Å². The summed E-state index contributed by atoms with van der Waals surface area (Å²) in [6.07, 6.45) is -8.73. The summed E-state index contributed by atoms with van der Waals surface area (Å²) in [5.74, 6) is -1.22. The van der Waals surface area contributed by atoms with E-state index >= 15 is 0 Å². The molecule has 0 radical (unpaired) electrons. The van der Waals surface area contributed by atoms with Crippen molar-refractivity contribution >= 4 is 11.6 Å². The van der Waals surface area contributed by atoms with Crippen LogP contribution >= 0.6 is 0 Å². The van der Waals surface area contributed by atoms with Gasteiger partial charge in [0.25, 0.3) is 0 Å². The second-order valence-corrected chi connectivity index (χ2v) is 6.72. The van der Waals surface area contributed by atoms with Crippen LogP contribution in [0.3, 0.4) is 0 Å². The number of hydrogen-bond donors (Lipinski definition) is 1. The zero-order chi connectivity index (χ0) is 21.4. The number of nitrogens with one attached hydrogen (secondary N) is 1. The number of carbonyl (C=O) groups excluding carboxylic acids is 2. The van der Waals surface area contributed by atoms with Gasteiger partial charge in [0.2, 0.25) is 5.78 Å². The van der Waals surface area contributed by atoms with Crippen LogP contribution in [0.1, 0.15) is 37.5 Å². The zero-order valence-corrected chi connectivity index (χ0v) is 15.2. The average Bonchev–Trinajstić information content (AvgIpc) is 2.56. The number of Topliss-reactive ketones (excluding diaryl/α,β-unsaturated/α-hetero) is 1. The van der Waals surface area contributed by atoms with Crippen molar-refractivity contribution < 1.29 is 35.9 Å². The lowest BCUT2D eigenvalue weighted by Crippen LogP contribution is -2.30. The summed E-state index contributed by atoms with van der Waals surface area (Å²) >= 11 is 0. The van der Waals surface area contributed by atoms with Crippen molar-refractivity contribution in [1.29, 1.82) is 0 Å². The summed E-state index contributed by atoms with van der Waals surface area (Å²) in [4.78, 5) is 24.5. The molecule has 0 aliphatic heterocycles. The van der Waals surface area contributed by atoms with Crippen molar-refractivity contribution in [3.63, 3.8) is 0 Å². The predicted molar refractivity (Wildman–Crippen MR) is 88.9 cm³/mol. The molecule has 0 saturated heterocycles. The maximum Gasteiger partial charge on any atom is 0.416 e. The topological polar surface area (TPSA) is 46.2 Å². The number of allylic oxidation sites excluding steroid dienone is 3. The molecule has 0 aromatic heterocycles. The Hall–Kier alpha value is -2.58. The van der Waals surface area contributed by atoms with Crippen LogP contribution in [0.2, 0.25) is 0 Å². The van der Waals surface area contributed by atoms with Gasteiger partial charge in [-0.25, -0.2) is 0 Å². The van der Waals surface area contributed by atoms with E-state index in [9.17, 15) is 35.9 Å². The molecule has 0 atom stereocenters. The van der Waals surface area contributed by atoms with E-state index in [2.05, 4.69) is 5.32 Å². The molecule has 9 heteroatoms. The third-order valence-electron chi connectivity index (χ3n) is 4.26. The van der Waals surface area contributed by atoms with Gasteiger partial charge in [0.1, 0.15) is 0 Å². The smallest absolute Gasteiger partial charge is 0.377 e. The first-order valence-electron chi connectivity index (χ1n) is 8.25. The van der Waals surface area contributed by atoms with Gasteiger partial charge < -0.3 is 5.32 Å². The van der Waals surface area contributed by atoms with E-state index in [4.69, 9.17) is 0 Å². The number of halogens is 6. The lowest BCUT2D eigenvalue weighted by atomic mass is 9.88. The fourth-order valence-corrected chi connectivity index (χ4v) is 2.71. The monoisotopic (exact) mass is 405 g/mol. The summed E-state index contributed by atoms with van der Waals surface area (Å²) in [6.45, 7) is 4.27. The highest BCUT2D eigenvalue weighted by molar-refractivity contribution is 6.22. The second-order valence-electron chi connectivity index (χ2n) is 6.72. The first-order chi connectivity index (χ1) is 12.7. The van der Waals surface area contributed by atoms with Gasteiger partial charge in [-0.3, -0.25) is 9.59 Å². The predicted octanol–water partition coefficient (Wildman–Crippen LogP) is 4.82. The maximum atomic E-state index is 12.9. The third-order valence-corrected chi connectivity index (χ3v) is 4.26. The maximum absolute atomic E-state index is 12.9. The number of benzene rings is 1. The molecule has 1 aromatic rings. The van der Waals surface area contributed by atoms with E-state index in [0.29, 0.717) is 12.1 Å². The van der Waals surface area contributed by atoms with Crippen LogP contribution in [-0.2, 0) is 28.5 Å². The molecule has 28 heavy (non-hydrogen) atoms. The van der Waals surface area contributed by atoms with Crippen molar-refractivity contribution in [2.75, 3.05) is 0 Å². The molecule has 0 bridgehead atoms. The molecule has 1 N–H and O–H groups in total. The third kappa shape index (κ3) is 4.63. The molecule has 0 heterocycles. The molecule has 2 rings (SSSR count). The first-order valence-corrected chi connectivity index (χ1v) is 8.25. The molecule has 0 fully saturated rings. The summed E-state index contributed by atoms with van der Waals surface area (Å²) < 4.78 is 77.7. The van der Waals surface area contributed by atoms with Gasteiger partial charge in [0, 0.05) is 17.7 Å². The van der Waals surface area contributed by atoms with Crippen LogP contribution in [0.25, 0.3) is 0 Å². The Bertz CT molecular complexity index is 843. The summed E-state index contributed by atoms with van der Waals surface area (Å²) in [5.41, 5.74) is -3.06. The minimum Gasteiger partial charge on any atom is -0.377 e. The Morgan fingerprint density at radius 3 is 1.86 bits per heavy atom. The fourth-order valence-electron chi connectivity index (χ4n) is 2.71. The van der Waals surface area contributed by atoms with E-state index in [1.807, 2.05) is 0 Å². The van der Waals surface area contributed by atoms with Crippen LogP contribution in [0.4, 0.5) is 26.3 Å². The van der Waals surface area contributed by atoms with Crippen molar-refractivity contribution in [2.24, 2.45) is 5.92 Å². The van der Waals surface area contributed by atoms with Crippen LogP contribution in [0, 0.1) is 5.92 Å². The summed E-state index contributed by atoms with van der Waals surface area (Å²) in [5, 5.41) is 2.54. The van der Waals surface area contributed by atoms with Crippen molar-refractivity contribution in [3.8, 4) is 0 Å². The Labute approximate surface area is 157 Å². The molecule has 1 aliphatic rings. The first kappa shape index (κ1) is 21.7. The standard InChI is InChI=1S/C19H17F6NO2/c1-9(2)14-7-15(27)10(3)16(17(14)28)26-8-11-4-12(18(20,21)22)6-13(5-11)19(23,24)25/h4-7,9,26H,8H2,1-3H3. The minimum atomic E-state index is -4.96.